The zero-order chi connectivity index (χ0) is 14.7. The molecule has 3 rings (SSSR count). The summed E-state index contributed by atoms with van der Waals surface area (Å²) < 4.78 is 19.2. The summed E-state index contributed by atoms with van der Waals surface area (Å²) in [6.07, 6.45) is 3.61. The molecule has 3 nitrogen and oxygen atoms in total. The second kappa shape index (κ2) is 6.12. The van der Waals surface area contributed by atoms with Crippen LogP contribution in [0.1, 0.15) is 24.3 Å². The number of hydrogen-bond donors (Lipinski definition) is 0. The Morgan fingerprint density at radius 3 is 2.62 bits per heavy atom. The van der Waals surface area contributed by atoms with Gasteiger partial charge < -0.3 is 9.64 Å². The largest absolute Gasteiger partial charge is 0.496 e. The maximum Gasteiger partial charge on any atom is 0.165 e. The van der Waals surface area contributed by atoms with Gasteiger partial charge in [-0.05, 0) is 42.5 Å². The first-order valence-electron chi connectivity index (χ1n) is 7.28. The van der Waals surface area contributed by atoms with Crippen molar-refractivity contribution in [2.75, 3.05) is 25.1 Å². The Balaban J connectivity index is 1.72. The molecule has 2 aromatic rings. The van der Waals surface area contributed by atoms with Crippen LogP contribution >= 0.6 is 0 Å². The van der Waals surface area contributed by atoms with Gasteiger partial charge in [-0.25, -0.2) is 9.37 Å². The van der Waals surface area contributed by atoms with E-state index in [4.69, 9.17) is 4.74 Å². The highest BCUT2D eigenvalue weighted by Gasteiger charge is 2.24. The van der Waals surface area contributed by atoms with Crippen molar-refractivity contribution in [1.82, 2.24) is 4.98 Å². The predicted molar refractivity (Wildman–Crippen MR) is 81.4 cm³/mol. The lowest BCUT2D eigenvalue weighted by Crippen LogP contribution is -2.34. The number of aromatic nitrogens is 1. The van der Waals surface area contributed by atoms with E-state index in [0.29, 0.717) is 11.7 Å². The van der Waals surface area contributed by atoms with Gasteiger partial charge in [0.15, 0.2) is 11.6 Å². The van der Waals surface area contributed by atoms with E-state index < -0.39 is 0 Å². The minimum absolute atomic E-state index is 0.242. The molecule has 0 aliphatic carbocycles. The van der Waals surface area contributed by atoms with Gasteiger partial charge in [-0.3, -0.25) is 0 Å². The predicted octanol–water partition coefficient (Wildman–Crippen LogP) is 3.61. The number of nitrogens with zero attached hydrogens (tertiary/aromatic N) is 2. The number of piperidine rings is 1. The smallest absolute Gasteiger partial charge is 0.165 e. The number of benzene rings is 1. The van der Waals surface area contributed by atoms with Crippen molar-refractivity contribution >= 4 is 5.82 Å². The minimum atomic E-state index is -0.242. The molecule has 0 unspecified atom stereocenters. The molecule has 0 spiro atoms. The Bertz CT molecular complexity index is 609. The standard InChI is InChI=1S/C17H19FN2O/c1-21-16-7-3-2-5-14(16)13-8-11-20(12-9-13)17-15(18)6-4-10-19-17/h2-7,10,13H,8-9,11-12H2,1H3. The highest BCUT2D eigenvalue weighted by Crippen LogP contribution is 2.35. The third-order valence-electron chi connectivity index (χ3n) is 4.11. The van der Waals surface area contributed by atoms with Crippen LogP contribution in [0, 0.1) is 5.82 Å². The second-order valence-corrected chi connectivity index (χ2v) is 5.31. The number of halogens is 1. The normalized spacial score (nSPS) is 16.0. The van der Waals surface area contributed by atoms with Crippen LogP contribution in [0.4, 0.5) is 10.2 Å². The SMILES string of the molecule is COc1ccccc1C1CCN(c2ncccc2F)CC1. The molecular weight excluding hydrogens is 267 g/mol. The molecular formula is C17H19FN2O. The summed E-state index contributed by atoms with van der Waals surface area (Å²) >= 11 is 0. The number of para-hydroxylation sites is 1. The maximum atomic E-state index is 13.8. The molecule has 1 aromatic carbocycles. The lowest BCUT2D eigenvalue weighted by atomic mass is 9.89. The monoisotopic (exact) mass is 286 g/mol. The van der Waals surface area contributed by atoms with E-state index >= 15 is 0 Å². The first-order chi connectivity index (χ1) is 10.3. The zero-order valence-corrected chi connectivity index (χ0v) is 12.1. The number of pyridine rings is 1. The van der Waals surface area contributed by atoms with Crippen molar-refractivity contribution in [2.24, 2.45) is 0 Å². The Labute approximate surface area is 124 Å². The van der Waals surface area contributed by atoms with E-state index in [1.54, 1.807) is 19.4 Å². The van der Waals surface area contributed by atoms with Crippen molar-refractivity contribution in [1.29, 1.82) is 0 Å². The van der Waals surface area contributed by atoms with Gasteiger partial charge >= 0.3 is 0 Å². The molecule has 4 heteroatoms. The van der Waals surface area contributed by atoms with Crippen molar-refractivity contribution in [3.63, 3.8) is 0 Å². The van der Waals surface area contributed by atoms with Crippen LogP contribution in [0.2, 0.25) is 0 Å². The molecule has 2 heterocycles. The van der Waals surface area contributed by atoms with Crippen LogP contribution in [0.25, 0.3) is 0 Å². The summed E-state index contributed by atoms with van der Waals surface area (Å²) in [5.41, 5.74) is 1.25. The minimum Gasteiger partial charge on any atom is -0.496 e. The van der Waals surface area contributed by atoms with Crippen LogP contribution in [-0.2, 0) is 0 Å². The summed E-state index contributed by atoms with van der Waals surface area (Å²) in [7, 11) is 1.71. The van der Waals surface area contributed by atoms with Gasteiger partial charge in [0.25, 0.3) is 0 Å². The molecule has 0 amide bonds. The van der Waals surface area contributed by atoms with E-state index in [-0.39, 0.29) is 5.82 Å². The van der Waals surface area contributed by atoms with E-state index in [1.165, 1.54) is 11.6 Å². The maximum absolute atomic E-state index is 13.8. The lowest BCUT2D eigenvalue weighted by molar-refractivity contribution is 0.397. The summed E-state index contributed by atoms with van der Waals surface area (Å²) in [6, 6.07) is 11.2. The van der Waals surface area contributed by atoms with Gasteiger partial charge in [-0.1, -0.05) is 18.2 Å². The molecule has 1 aromatic heterocycles. The van der Waals surface area contributed by atoms with Gasteiger partial charge in [0.2, 0.25) is 0 Å². The molecule has 110 valence electrons. The number of anilines is 1. The van der Waals surface area contributed by atoms with Gasteiger partial charge in [-0.15, -0.1) is 0 Å². The van der Waals surface area contributed by atoms with E-state index in [0.717, 1.165) is 31.7 Å². The fourth-order valence-corrected chi connectivity index (χ4v) is 3.02. The third kappa shape index (κ3) is 2.84. The Morgan fingerprint density at radius 1 is 1.14 bits per heavy atom. The van der Waals surface area contributed by atoms with Gasteiger partial charge in [0.05, 0.1) is 7.11 Å². The van der Waals surface area contributed by atoms with E-state index in [1.807, 2.05) is 23.1 Å². The highest BCUT2D eigenvalue weighted by atomic mass is 19.1. The Kier molecular flexibility index (Phi) is 4.04. The number of hydrogen-bond acceptors (Lipinski definition) is 3. The summed E-state index contributed by atoms with van der Waals surface area (Å²) in [5, 5.41) is 0. The summed E-state index contributed by atoms with van der Waals surface area (Å²) in [4.78, 5) is 6.19. The highest BCUT2D eigenvalue weighted by molar-refractivity contribution is 5.42. The number of ether oxygens (including phenoxy) is 1. The first-order valence-corrected chi connectivity index (χ1v) is 7.28. The topological polar surface area (TPSA) is 25.4 Å². The van der Waals surface area contributed by atoms with Crippen LogP contribution in [0.5, 0.6) is 5.75 Å². The van der Waals surface area contributed by atoms with Crippen molar-refractivity contribution in [3.8, 4) is 5.75 Å². The van der Waals surface area contributed by atoms with Crippen LogP contribution in [0.15, 0.2) is 42.6 Å². The summed E-state index contributed by atoms with van der Waals surface area (Å²) in [5.74, 6) is 1.63. The average Bonchev–Trinajstić information content (AvgIpc) is 2.55. The van der Waals surface area contributed by atoms with Crippen molar-refractivity contribution in [3.05, 3.63) is 54.0 Å². The van der Waals surface area contributed by atoms with Crippen molar-refractivity contribution in [2.45, 2.75) is 18.8 Å². The van der Waals surface area contributed by atoms with Crippen LogP contribution in [0.3, 0.4) is 0 Å². The van der Waals surface area contributed by atoms with Crippen LogP contribution < -0.4 is 9.64 Å². The molecule has 1 saturated heterocycles. The first kappa shape index (κ1) is 13.9. The van der Waals surface area contributed by atoms with E-state index in [2.05, 4.69) is 11.1 Å². The fourth-order valence-electron chi connectivity index (χ4n) is 3.02. The quantitative estimate of drug-likeness (QED) is 0.862. The second-order valence-electron chi connectivity index (χ2n) is 5.31. The van der Waals surface area contributed by atoms with E-state index in [9.17, 15) is 4.39 Å². The lowest BCUT2D eigenvalue weighted by Gasteiger charge is -2.33. The molecule has 0 bridgehead atoms. The zero-order valence-electron chi connectivity index (χ0n) is 12.1. The fraction of sp³-hybridized carbons (Fsp3) is 0.353. The molecule has 0 saturated carbocycles. The molecule has 1 aliphatic rings. The van der Waals surface area contributed by atoms with Gasteiger partial charge in [0.1, 0.15) is 5.75 Å². The average molecular weight is 286 g/mol. The Morgan fingerprint density at radius 2 is 1.90 bits per heavy atom. The van der Waals surface area contributed by atoms with Gasteiger partial charge in [-0.2, -0.15) is 0 Å². The third-order valence-corrected chi connectivity index (χ3v) is 4.11. The molecule has 0 N–H and O–H groups in total. The summed E-state index contributed by atoms with van der Waals surface area (Å²) in [6.45, 7) is 1.63. The molecule has 1 aliphatic heterocycles. The van der Waals surface area contributed by atoms with Gasteiger partial charge in [0, 0.05) is 19.3 Å². The van der Waals surface area contributed by atoms with Crippen molar-refractivity contribution < 1.29 is 9.13 Å². The Hall–Kier alpha value is -2.10. The molecule has 1 fully saturated rings. The molecule has 21 heavy (non-hydrogen) atoms. The number of methoxy groups -OCH3 is 1. The molecule has 0 radical (unpaired) electrons. The molecule has 0 atom stereocenters. The number of rotatable bonds is 3. The van der Waals surface area contributed by atoms with Crippen LogP contribution in [-0.4, -0.2) is 25.2 Å².